The van der Waals surface area contributed by atoms with Crippen LogP contribution in [0.25, 0.3) is 0 Å². The number of halogens is 1. The number of quaternary nitrogens is 1. The summed E-state index contributed by atoms with van der Waals surface area (Å²) in [5.74, 6) is 0. The van der Waals surface area contributed by atoms with Crippen molar-refractivity contribution in [2.45, 2.75) is 6.04 Å². The van der Waals surface area contributed by atoms with Gasteiger partial charge in [0.05, 0.1) is 24.2 Å². The van der Waals surface area contributed by atoms with Crippen LogP contribution in [-0.4, -0.2) is 52.9 Å². The molecule has 2 aliphatic rings. The molecule has 74 valence electrons. The number of alkyl halides is 1. The van der Waals surface area contributed by atoms with E-state index >= 15 is 0 Å². The van der Waals surface area contributed by atoms with Gasteiger partial charge in [-0.15, -0.1) is 0 Å². The molecule has 2 saturated heterocycles. The summed E-state index contributed by atoms with van der Waals surface area (Å²) in [6, 6.07) is 0.664. The molecule has 3 nitrogen and oxygen atoms in total. The highest BCUT2D eigenvalue weighted by Gasteiger charge is 2.47. The molecule has 2 aliphatic heterocycles. The van der Waals surface area contributed by atoms with E-state index in [1.54, 1.807) is 0 Å². The number of hydrogen-bond donors (Lipinski definition) is 1. The van der Waals surface area contributed by atoms with Crippen molar-refractivity contribution in [2.24, 2.45) is 0 Å². The highest BCUT2D eigenvalue weighted by Crippen LogP contribution is 2.23. The Hall–Kier alpha value is 0.540. The maximum atomic E-state index is 5.40. The summed E-state index contributed by atoms with van der Waals surface area (Å²) in [5.41, 5.74) is 0. The van der Waals surface area contributed by atoms with Crippen LogP contribution in [0.15, 0.2) is 0 Å². The molecule has 2 heterocycles. The Kier molecular flexibility index (Phi) is 3.07. The molecule has 2 rings (SSSR count). The van der Waals surface area contributed by atoms with Gasteiger partial charge in [-0.2, -0.15) is 0 Å². The van der Waals surface area contributed by atoms with Crippen molar-refractivity contribution in [1.29, 1.82) is 0 Å². The largest absolute Gasteiger partial charge is 0.370 e. The first-order valence-electron chi connectivity index (χ1n) is 4.58. The van der Waals surface area contributed by atoms with Gasteiger partial charge in [0.25, 0.3) is 5.11 Å². The number of ether oxygens (including phenoxy) is 1. The lowest BCUT2D eigenvalue weighted by Gasteiger charge is -2.39. The third kappa shape index (κ3) is 1.60. The molecular weight excluding hydrogens is 299 g/mol. The lowest BCUT2D eigenvalue weighted by atomic mass is 10.2. The van der Waals surface area contributed by atoms with Crippen molar-refractivity contribution in [1.82, 2.24) is 5.32 Å². The third-order valence-corrected chi connectivity index (χ3v) is 4.56. The number of nitrogens with zero attached hydrogens (tertiary/aromatic N) is 1. The van der Waals surface area contributed by atoms with E-state index in [0.29, 0.717) is 6.04 Å². The average molecular weight is 313 g/mol. The zero-order chi connectivity index (χ0) is 9.31. The molecule has 0 saturated carbocycles. The molecule has 0 aromatic carbocycles. The van der Waals surface area contributed by atoms with Crippen LogP contribution in [0.5, 0.6) is 0 Å². The Labute approximate surface area is 97.5 Å². The predicted octanol–water partition coefficient (Wildman–Crippen LogP) is 0.525. The van der Waals surface area contributed by atoms with E-state index in [1.165, 1.54) is 4.43 Å². The van der Waals surface area contributed by atoms with Crippen LogP contribution >= 0.6 is 34.8 Å². The first-order valence-corrected chi connectivity index (χ1v) is 6.52. The molecule has 0 aromatic rings. The van der Waals surface area contributed by atoms with Crippen LogP contribution in [0, 0.1) is 0 Å². The summed E-state index contributed by atoms with van der Waals surface area (Å²) in [4.78, 5) is 0. The molecule has 0 aliphatic carbocycles. The topological polar surface area (TPSA) is 21.3 Å². The molecule has 1 spiro atoms. The monoisotopic (exact) mass is 313 g/mol. The summed E-state index contributed by atoms with van der Waals surface area (Å²) >= 11 is 7.85. The van der Waals surface area contributed by atoms with Crippen molar-refractivity contribution >= 4 is 39.9 Å². The second-order valence-electron chi connectivity index (χ2n) is 3.59. The molecule has 0 radical (unpaired) electrons. The summed E-state index contributed by atoms with van der Waals surface area (Å²) in [7, 11) is 0. The van der Waals surface area contributed by atoms with Crippen LogP contribution in [-0.2, 0) is 4.74 Å². The fourth-order valence-corrected chi connectivity index (χ4v) is 3.61. The third-order valence-electron chi connectivity index (χ3n) is 3.04. The smallest absolute Gasteiger partial charge is 0.270 e. The predicted molar refractivity (Wildman–Crippen MR) is 64.1 cm³/mol. The molecule has 0 aromatic heterocycles. The van der Waals surface area contributed by atoms with Gasteiger partial charge in [-0.05, 0) is 0 Å². The molecule has 13 heavy (non-hydrogen) atoms. The molecule has 0 bridgehead atoms. The first kappa shape index (κ1) is 10.1. The molecule has 0 amide bonds. The fourth-order valence-electron chi connectivity index (χ4n) is 2.13. The van der Waals surface area contributed by atoms with Gasteiger partial charge in [0, 0.05) is 12.2 Å². The first-order chi connectivity index (χ1) is 6.29. The van der Waals surface area contributed by atoms with Crippen LogP contribution in [0.3, 0.4) is 0 Å². The van der Waals surface area contributed by atoms with E-state index in [1.807, 2.05) is 0 Å². The quantitative estimate of drug-likeness (QED) is 0.330. The van der Waals surface area contributed by atoms with Crippen molar-refractivity contribution in [3.63, 3.8) is 0 Å². The van der Waals surface area contributed by atoms with E-state index in [9.17, 15) is 0 Å². The van der Waals surface area contributed by atoms with Gasteiger partial charge in [0.2, 0.25) is 0 Å². The Bertz CT molecular complexity index is 218. The second-order valence-corrected chi connectivity index (χ2v) is 4.86. The Morgan fingerprint density at radius 2 is 2.23 bits per heavy atom. The summed E-state index contributed by atoms with van der Waals surface area (Å²) in [6.45, 7) is 4.87. The Balaban J connectivity index is 2.19. The van der Waals surface area contributed by atoms with Gasteiger partial charge in [0.15, 0.2) is 0 Å². The summed E-state index contributed by atoms with van der Waals surface area (Å²) in [6.07, 6.45) is 0. The SMILES string of the molecule is S=C1NC[C@@H](CI)[N+]12CCOCC2. The van der Waals surface area contributed by atoms with Gasteiger partial charge in [-0.25, -0.2) is 0 Å². The zero-order valence-electron chi connectivity index (χ0n) is 7.46. The normalized spacial score (nSPS) is 32.1. The van der Waals surface area contributed by atoms with E-state index in [2.05, 4.69) is 27.9 Å². The molecule has 1 N–H and O–H groups in total. The van der Waals surface area contributed by atoms with Gasteiger partial charge >= 0.3 is 0 Å². The van der Waals surface area contributed by atoms with E-state index in [4.69, 9.17) is 17.0 Å². The summed E-state index contributed by atoms with van der Waals surface area (Å²) < 4.78 is 7.55. The van der Waals surface area contributed by atoms with Crippen LogP contribution < -0.4 is 5.32 Å². The summed E-state index contributed by atoms with van der Waals surface area (Å²) in [5, 5.41) is 4.36. The number of nitrogens with one attached hydrogen (secondary N) is 1. The van der Waals surface area contributed by atoms with E-state index in [-0.39, 0.29) is 0 Å². The Morgan fingerprint density at radius 1 is 1.54 bits per heavy atom. The minimum atomic E-state index is 0.664. The number of morpholine rings is 1. The second kappa shape index (κ2) is 3.96. The van der Waals surface area contributed by atoms with Crippen molar-refractivity contribution < 1.29 is 9.22 Å². The van der Waals surface area contributed by atoms with Gasteiger partial charge in [-0.3, -0.25) is 4.48 Å². The molecule has 0 unspecified atom stereocenters. The standard InChI is InChI=1S/C8H13IN2OS/c9-5-7-6-10-8(13)11(7)1-3-12-4-2-11/h7H,1-6H2/p+1/t7-/m1/s1. The van der Waals surface area contributed by atoms with Gasteiger partial charge in [-0.1, -0.05) is 22.6 Å². The number of rotatable bonds is 1. The zero-order valence-corrected chi connectivity index (χ0v) is 10.4. The average Bonchev–Trinajstić information content (AvgIpc) is 2.46. The lowest BCUT2D eigenvalue weighted by molar-refractivity contribution is -0.862. The van der Waals surface area contributed by atoms with E-state index in [0.717, 1.165) is 42.4 Å². The highest BCUT2D eigenvalue weighted by atomic mass is 127. The molecule has 5 heteroatoms. The van der Waals surface area contributed by atoms with Crippen molar-refractivity contribution in [3.05, 3.63) is 0 Å². The highest BCUT2D eigenvalue weighted by molar-refractivity contribution is 14.1. The lowest BCUT2D eigenvalue weighted by Crippen LogP contribution is -2.61. The number of thiocarbonyl (C=S) groups is 1. The van der Waals surface area contributed by atoms with E-state index < -0.39 is 0 Å². The van der Waals surface area contributed by atoms with Crippen LogP contribution in [0.1, 0.15) is 0 Å². The minimum absolute atomic E-state index is 0.664. The molecular formula is C8H14IN2OS+. The van der Waals surface area contributed by atoms with Crippen molar-refractivity contribution in [3.8, 4) is 0 Å². The fraction of sp³-hybridized carbons (Fsp3) is 0.875. The van der Waals surface area contributed by atoms with Crippen molar-refractivity contribution in [2.75, 3.05) is 37.3 Å². The van der Waals surface area contributed by atoms with Gasteiger partial charge in [0.1, 0.15) is 19.1 Å². The maximum absolute atomic E-state index is 5.40. The maximum Gasteiger partial charge on any atom is 0.270 e. The molecule has 1 atom stereocenters. The van der Waals surface area contributed by atoms with Crippen LogP contribution in [0.2, 0.25) is 0 Å². The Morgan fingerprint density at radius 3 is 2.85 bits per heavy atom. The van der Waals surface area contributed by atoms with Crippen LogP contribution in [0.4, 0.5) is 0 Å². The number of hydrogen-bond acceptors (Lipinski definition) is 2. The van der Waals surface area contributed by atoms with Gasteiger partial charge < -0.3 is 10.1 Å². The minimum Gasteiger partial charge on any atom is -0.370 e. The molecule has 2 fully saturated rings.